The van der Waals surface area contributed by atoms with Gasteiger partial charge in [0, 0.05) is 13.1 Å². The third-order valence-electron chi connectivity index (χ3n) is 4.68. The van der Waals surface area contributed by atoms with E-state index in [4.69, 9.17) is 9.57 Å². The minimum absolute atomic E-state index is 0.115. The number of rotatable bonds is 6. The number of nitrogens with one attached hydrogen (secondary N) is 1. The average Bonchev–Trinajstić information content (AvgIpc) is 3.04. The molecule has 2 aromatic rings. The number of hydroxylamine groups is 2. The molecule has 1 fully saturated rings. The van der Waals surface area contributed by atoms with Gasteiger partial charge in [-0.05, 0) is 30.2 Å². The second kappa shape index (κ2) is 7.75. The van der Waals surface area contributed by atoms with Gasteiger partial charge in [-0.3, -0.25) is 4.84 Å². The standard InChI is InChI=1S/C19H24N2O4S/c1-14(15-7-5-4-6-8-15)20-26(22,23)18-13-25-21(2)19(18)16-9-11-17(24-3)12-10-16/h4-12,14,18-20H,13H2,1-3H3. The number of methoxy groups -OCH3 is 1. The van der Waals surface area contributed by atoms with Crippen molar-refractivity contribution >= 4 is 10.0 Å². The van der Waals surface area contributed by atoms with Gasteiger partial charge in [0.1, 0.15) is 11.0 Å². The number of hydrogen-bond acceptors (Lipinski definition) is 5. The highest BCUT2D eigenvalue weighted by atomic mass is 32.2. The lowest BCUT2D eigenvalue weighted by Crippen LogP contribution is -2.40. The van der Waals surface area contributed by atoms with Crippen molar-refractivity contribution < 1.29 is 18.0 Å². The molecule has 1 aliphatic rings. The molecule has 140 valence electrons. The topological polar surface area (TPSA) is 67.9 Å². The van der Waals surface area contributed by atoms with E-state index in [2.05, 4.69) is 4.72 Å². The molecule has 0 spiro atoms. The zero-order valence-corrected chi connectivity index (χ0v) is 15.9. The Balaban J connectivity index is 1.83. The second-order valence-corrected chi connectivity index (χ2v) is 8.32. The number of nitrogens with zero attached hydrogens (tertiary/aromatic N) is 1. The molecule has 3 atom stereocenters. The Morgan fingerprint density at radius 3 is 2.42 bits per heavy atom. The zero-order valence-electron chi connectivity index (χ0n) is 15.1. The first kappa shape index (κ1) is 18.8. The molecule has 1 N–H and O–H groups in total. The molecule has 26 heavy (non-hydrogen) atoms. The molecule has 2 aromatic carbocycles. The van der Waals surface area contributed by atoms with Gasteiger partial charge in [0.2, 0.25) is 10.0 Å². The summed E-state index contributed by atoms with van der Waals surface area (Å²) < 4.78 is 34.0. The Hall–Kier alpha value is -1.93. The van der Waals surface area contributed by atoms with Crippen LogP contribution >= 0.6 is 0 Å². The van der Waals surface area contributed by atoms with E-state index >= 15 is 0 Å². The van der Waals surface area contributed by atoms with Crippen molar-refractivity contribution in [2.75, 3.05) is 20.8 Å². The molecule has 3 rings (SSSR count). The fraction of sp³-hybridized carbons (Fsp3) is 0.368. The molecule has 3 unspecified atom stereocenters. The van der Waals surface area contributed by atoms with Gasteiger partial charge in [0.05, 0.1) is 19.8 Å². The van der Waals surface area contributed by atoms with E-state index in [-0.39, 0.29) is 18.7 Å². The van der Waals surface area contributed by atoms with Crippen LogP contribution in [0.5, 0.6) is 5.75 Å². The fourth-order valence-corrected chi connectivity index (χ4v) is 4.94. The maximum absolute atomic E-state index is 13.0. The molecule has 1 saturated heterocycles. The molecular weight excluding hydrogens is 352 g/mol. The van der Waals surface area contributed by atoms with Crippen LogP contribution in [0, 0.1) is 0 Å². The average molecular weight is 376 g/mol. The minimum Gasteiger partial charge on any atom is -0.497 e. The van der Waals surface area contributed by atoms with Crippen molar-refractivity contribution in [3.8, 4) is 5.75 Å². The number of benzene rings is 2. The predicted octanol–water partition coefficient (Wildman–Crippen LogP) is 2.66. The van der Waals surface area contributed by atoms with Crippen LogP contribution in [0.2, 0.25) is 0 Å². The summed E-state index contributed by atoms with van der Waals surface area (Å²) in [5, 5.41) is 0.908. The molecule has 6 nitrogen and oxygen atoms in total. The summed E-state index contributed by atoms with van der Waals surface area (Å²) in [5.41, 5.74) is 1.79. The summed E-state index contributed by atoms with van der Waals surface area (Å²) >= 11 is 0. The van der Waals surface area contributed by atoms with Crippen molar-refractivity contribution in [2.45, 2.75) is 24.3 Å². The zero-order chi connectivity index (χ0) is 18.7. The normalized spacial score (nSPS) is 22.3. The summed E-state index contributed by atoms with van der Waals surface area (Å²) in [6, 6.07) is 16.2. The van der Waals surface area contributed by atoms with Crippen LogP contribution in [0.25, 0.3) is 0 Å². The maximum atomic E-state index is 13.0. The van der Waals surface area contributed by atoms with E-state index in [0.29, 0.717) is 0 Å². The molecule has 0 amide bonds. The molecule has 0 radical (unpaired) electrons. The highest BCUT2D eigenvalue weighted by Crippen LogP contribution is 2.34. The van der Waals surface area contributed by atoms with Crippen molar-refractivity contribution in [1.82, 2.24) is 9.79 Å². The van der Waals surface area contributed by atoms with Crippen LogP contribution in [0.4, 0.5) is 0 Å². The molecule has 7 heteroatoms. The SMILES string of the molecule is COc1ccc(C2C(S(=O)(=O)NC(C)c3ccccc3)CON2C)cc1. The smallest absolute Gasteiger partial charge is 0.219 e. The van der Waals surface area contributed by atoms with E-state index in [9.17, 15) is 8.42 Å². The van der Waals surface area contributed by atoms with E-state index in [1.165, 1.54) is 0 Å². The van der Waals surface area contributed by atoms with Gasteiger partial charge < -0.3 is 4.74 Å². The first-order valence-electron chi connectivity index (χ1n) is 8.48. The Morgan fingerprint density at radius 1 is 1.15 bits per heavy atom. The summed E-state index contributed by atoms with van der Waals surface area (Å²) in [4.78, 5) is 5.55. The Kier molecular flexibility index (Phi) is 5.62. The summed E-state index contributed by atoms with van der Waals surface area (Å²) in [5.74, 6) is 0.727. The largest absolute Gasteiger partial charge is 0.497 e. The molecule has 0 aromatic heterocycles. The number of hydrogen-bond donors (Lipinski definition) is 1. The Labute approximate surface area is 154 Å². The van der Waals surface area contributed by atoms with Gasteiger partial charge in [-0.2, -0.15) is 5.06 Å². The highest BCUT2D eigenvalue weighted by Gasteiger charge is 2.43. The van der Waals surface area contributed by atoms with Gasteiger partial charge >= 0.3 is 0 Å². The Bertz CT molecular complexity index is 824. The third kappa shape index (κ3) is 3.91. The summed E-state index contributed by atoms with van der Waals surface area (Å²) in [7, 11) is -0.247. The highest BCUT2D eigenvalue weighted by molar-refractivity contribution is 7.90. The first-order valence-corrected chi connectivity index (χ1v) is 10.0. The van der Waals surface area contributed by atoms with Crippen LogP contribution in [0.3, 0.4) is 0 Å². The lowest BCUT2D eigenvalue weighted by atomic mass is 10.0. The van der Waals surface area contributed by atoms with Crippen LogP contribution in [0.1, 0.15) is 30.1 Å². The Morgan fingerprint density at radius 2 is 1.81 bits per heavy atom. The van der Waals surface area contributed by atoms with Crippen LogP contribution in [0.15, 0.2) is 54.6 Å². The lowest BCUT2D eigenvalue weighted by Gasteiger charge is -2.24. The molecular formula is C19H24N2O4S. The van der Waals surface area contributed by atoms with Gasteiger partial charge in [-0.15, -0.1) is 0 Å². The van der Waals surface area contributed by atoms with Gasteiger partial charge in [-0.25, -0.2) is 13.1 Å². The summed E-state index contributed by atoms with van der Waals surface area (Å²) in [6.45, 7) is 1.96. The maximum Gasteiger partial charge on any atom is 0.219 e. The van der Waals surface area contributed by atoms with Crippen molar-refractivity contribution in [3.05, 3.63) is 65.7 Å². The molecule has 1 aliphatic heterocycles. The molecule has 1 heterocycles. The number of ether oxygens (including phenoxy) is 1. The monoisotopic (exact) mass is 376 g/mol. The van der Waals surface area contributed by atoms with Crippen molar-refractivity contribution in [3.63, 3.8) is 0 Å². The van der Waals surface area contributed by atoms with Gasteiger partial charge in [-0.1, -0.05) is 42.5 Å². The fourth-order valence-electron chi connectivity index (χ4n) is 3.23. The van der Waals surface area contributed by atoms with E-state index in [1.807, 2.05) is 61.5 Å². The predicted molar refractivity (Wildman–Crippen MR) is 100 cm³/mol. The summed E-state index contributed by atoms with van der Waals surface area (Å²) in [6.07, 6.45) is 0. The van der Waals surface area contributed by atoms with Gasteiger partial charge in [0.15, 0.2) is 0 Å². The quantitative estimate of drug-likeness (QED) is 0.840. The van der Waals surface area contributed by atoms with Crippen LogP contribution in [-0.4, -0.2) is 39.5 Å². The van der Waals surface area contributed by atoms with Crippen LogP contribution in [-0.2, 0) is 14.9 Å². The van der Waals surface area contributed by atoms with E-state index < -0.39 is 15.3 Å². The van der Waals surface area contributed by atoms with Crippen LogP contribution < -0.4 is 9.46 Å². The van der Waals surface area contributed by atoms with E-state index in [1.54, 1.807) is 19.2 Å². The minimum atomic E-state index is -3.60. The molecule has 0 saturated carbocycles. The van der Waals surface area contributed by atoms with Crippen molar-refractivity contribution in [2.24, 2.45) is 0 Å². The second-order valence-electron chi connectivity index (χ2n) is 6.39. The third-order valence-corrected chi connectivity index (χ3v) is 6.56. The molecule has 0 aliphatic carbocycles. The lowest BCUT2D eigenvalue weighted by molar-refractivity contribution is -0.110. The molecule has 0 bridgehead atoms. The van der Waals surface area contributed by atoms with E-state index in [0.717, 1.165) is 16.9 Å². The number of sulfonamides is 1. The first-order chi connectivity index (χ1) is 12.4. The van der Waals surface area contributed by atoms with Gasteiger partial charge in [0.25, 0.3) is 0 Å². The van der Waals surface area contributed by atoms with Crippen molar-refractivity contribution in [1.29, 1.82) is 0 Å².